The summed E-state index contributed by atoms with van der Waals surface area (Å²) >= 11 is 0. The molecule has 3 N–H and O–H groups in total. The van der Waals surface area contributed by atoms with Crippen molar-refractivity contribution < 1.29 is 19.8 Å². The van der Waals surface area contributed by atoms with E-state index in [0.29, 0.717) is 5.69 Å². The third-order valence-corrected chi connectivity index (χ3v) is 3.05. The topological polar surface area (TPSA) is 111 Å². The second-order valence-corrected chi connectivity index (χ2v) is 4.77. The van der Waals surface area contributed by atoms with Gasteiger partial charge in [0.05, 0.1) is 11.3 Å². The SMILES string of the molecule is O=C(O)c1cccc(/N=N\N[C@@H](Cc2ccccc2)C(=O)O)c1. The maximum absolute atomic E-state index is 11.2. The zero-order valence-electron chi connectivity index (χ0n) is 12.1. The van der Waals surface area contributed by atoms with Crippen molar-refractivity contribution in [3.05, 3.63) is 65.7 Å². The van der Waals surface area contributed by atoms with Gasteiger partial charge in [-0.2, -0.15) is 0 Å². The van der Waals surface area contributed by atoms with Gasteiger partial charge in [-0.25, -0.2) is 9.59 Å². The van der Waals surface area contributed by atoms with E-state index in [9.17, 15) is 14.7 Å². The van der Waals surface area contributed by atoms with Crippen molar-refractivity contribution in [1.82, 2.24) is 5.43 Å². The minimum Gasteiger partial charge on any atom is -0.480 e. The molecule has 0 saturated carbocycles. The summed E-state index contributed by atoms with van der Waals surface area (Å²) in [5.74, 6) is -2.12. The second-order valence-electron chi connectivity index (χ2n) is 4.77. The van der Waals surface area contributed by atoms with Crippen LogP contribution in [0.3, 0.4) is 0 Å². The lowest BCUT2D eigenvalue weighted by Gasteiger charge is -2.10. The van der Waals surface area contributed by atoms with Gasteiger partial charge in [0, 0.05) is 6.42 Å². The smallest absolute Gasteiger partial charge is 0.335 e. The van der Waals surface area contributed by atoms with Crippen LogP contribution in [-0.4, -0.2) is 28.2 Å². The Labute approximate surface area is 132 Å². The second kappa shape index (κ2) is 7.69. The fourth-order valence-corrected chi connectivity index (χ4v) is 1.90. The third kappa shape index (κ3) is 4.92. The highest BCUT2D eigenvalue weighted by Crippen LogP contribution is 2.14. The quantitative estimate of drug-likeness (QED) is 0.537. The summed E-state index contributed by atoms with van der Waals surface area (Å²) < 4.78 is 0. The van der Waals surface area contributed by atoms with Crippen molar-refractivity contribution in [3.63, 3.8) is 0 Å². The van der Waals surface area contributed by atoms with Crippen LogP contribution < -0.4 is 5.43 Å². The van der Waals surface area contributed by atoms with Gasteiger partial charge in [-0.15, -0.1) is 5.11 Å². The van der Waals surface area contributed by atoms with Crippen molar-refractivity contribution >= 4 is 17.6 Å². The molecule has 2 rings (SSSR count). The first-order valence-electron chi connectivity index (χ1n) is 6.82. The van der Waals surface area contributed by atoms with Gasteiger partial charge >= 0.3 is 11.9 Å². The molecule has 0 aliphatic heterocycles. The van der Waals surface area contributed by atoms with E-state index in [0.717, 1.165) is 5.56 Å². The first kappa shape index (κ1) is 16.2. The monoisotopic (exact) mass is 313 g/mol. The number of aliphatic carboxylic acids is 1. The van der Waals surface area contributed by atoms with Crippen LogP contribution in [0.2, 0.25) is 0 Å². The predicted octanol–water partition coefficient (Wildman–Crippen LogP) is 2.67. The van der Waals surface area contributed by atoms with Crippen LogP contribution in [-0.2, 0) is 11.2 Å². The van der Waals surface area contributed by atoms with Crippen molar-refractivity contribution in [1.29, 1.82) is 0 Å². The lowest BCUT2D eigenvalue weighted by Crippen LogP contribution is -2.35. The number of nitrogens with zero attached hydrogens (tertiary/aromatic N) is 2. The summed E-state index contributed by atoms with van der Waals surface area (Å²) in [6.07, 6.45) is 0.254. The first-order valence-corrected chi connectivity index (χ1v) is 6.82. The molecule has 0 amide bonds. The van der Waals surface area contributed by atoms with Gasteiger partial charge in [0.1, 0.15) is 6.04 Å². The molecule has 23 heavy (non-hydrogen) atoms. The molecule has 0 unspecified atom stereocenters. The van der Waals surface area contributed by atoms with Crippen LogP contribution in [0.4, 0.5) is 5.69 Å². The van der Waals surface area contributed by atoms with E-state index < -0.39 is 18.0 Å². The van der Waals surface area contributed by atoms with Gasteiger partial charge in [-0.1, -0.05) is 41.6 Å². The summed E-state index contributed by atoms with van der Waals surface area (Å²) in [5, 5.41) is 25.6. The lowest BCUT2D eigenvalue weighted by molar-refractivity contribution is -0.139. The van der Waals surface area contributed by atoms with Crippen LogP contribution in [0, 0.1) is 0 Å². The summed E-state index contributed by atoms with van der Waals surface area (Å²) in [7, 11) is 0. The Morgan fingerprint density at radius 1 is 1.04 bits per heavy atom. The standard InChI is InChI=1S/C16H15N3O4/c20-15(21)12-7-4-8-13(10-12)17-19-18-14(16(22)23)9-11-5-2-1-3-6-11/h1-8,10,14H,9H2,(H,17,18)(H,20,21)(H,22,23)/t14-/m0/s1. The van der Waals surface area contributed by atoms with Crippen LogP contribution in [0.15, 0.2) is 64.9 Å². The summed E-state index contributed by atoms with van der Waals surface area (Å²) in [5.41, 5.74) is 3.74. The third-order valence-electron chi connectivity index (χ3n) is 3.05. The predicted molar refractivity (Wildman–Crippen MR) is 82.6 cm³/mol. The number of carboxylic acids is 2. The van der Waals surface area contributed by atoms with E-state index in [2.05, 4.69) is 15.8 Å². The zero-order valence-corrected chi connectivity index (χ0v) is 12.1. The highest BCUT2D eigenvalue weighted by Gasteiger charge is 2.17. The molecule has 7 heteroatoms. The van der Waals surface area contributed by atoms with Crippen LogP contribution >= 0.6 is 0 Å². The molecular formula is C16H15N3O4. The minimum absolute atomic E-state index is 0.0838. The van der Waals surface area contributed by atoms with E-state index in [1.54, 1.807) is 6.07 Å². The van der Waals surface area contributed by atoms with Crippen LogP contribution in [0.5, 0.6) is 0 Å². The maximum Gasteiger partial charge on any atom is 0.335 e. The van der Waals surface area contributed by atoms with Gasteiger partial charge in [0.25, 0.3) is 0 Å². The zero-order chi connectivity index (χ0) is 16.7. The summed E-state index contributed by atoms with van der Waals surface area (Å²) in [6.45, 7) is 0. The van der Waals surface area contributed by atoms with Crippen molar-refractivity contribution in [3.8, 4) is 0 Å². The Morgan fingerprint density at radius 2 is 1.78 bits per heavy atom. The Bertz CT molecular complexity index is 716. The number of carboxylic acid groups (broad SMARTS) is 2. The molecule has 0 aliphatic rings. The average molecular weight is 313 g/mol. The fourth-order valence-electron chi connectivity index (χ4n) is 1.90. The Morgan fingerprint density at radius 3 is 2.43 bits per heavy atom. The molecule has 0 fully saturated rings. The number of benzene rings is 2. The highest BCUT2D eigenvalue weighted by atomic mass is 16.4. The molecule has 0 heterocycles. The Hall–Kier alpha value is -3.22. The summed E-state index contributed by atoms with van der Waals surface area (Å²) in [4.78, 5) is 22.1. The molecule has 0 aliphatic carbocycles. The highest BCUT2D eigenvalue weighted by molar-refractivity contribution is 5.88. The van der Waals surface area contributed by atoms with E-state index in [4.69, 9.17) is 5.11 Å². The fraction of sp³-hybridized carbons (Fsp3) is 0.125. The van der Waals surface area contributed by atoms with Gasteiger partial charge < -0.3 is 10.2 Å². The molecule has 0 bridgehead atoms. The lowest BCUT2D eigenvalue weighted by atomic mass is 10.1. The van der Waals surface area contributed by atoms with E-state index in [1.165, 1.54) is 18.2 Å². The van der Waals surface area contributed by atoms with Gasteiger partial charge in [0.15, 0.2) is 0 Å². The number of hydrogen-bond acceptors (Lipinski definition) is 4. The molecule has 0 saturated heterocycles. The number of hydrogen-bond donors (Lipinski definition) is 3. The number of aromatic carboxylic acids is 1. The van der Waals surface area contributed by atoms with Gasteiger partial charge in [-0.05, 0) is 23.8 Å². The molecule has 2 aromatic carbocycles. The van der Waals surface area contributed by atoms with Crippen molar-refractivity contribution in [2.24, 2.45) is 10.3 Å². The van der Waals surface area contributed by atoms with E-state index in [-0.39, 0.29) is 12.0 Å². The molecule has 0 spiro atoms. The van der Waals surface area contributed by atoms with Gasteiger partial charge in [-0.3, -0.25) is 5.43 Å². The van der Waals surface area contributed by atoms with Crippen molar-refractivity contribution in [2.45, 2.75) is 12.5 Å². The molecule has 1 atom stereocenters. The molecule has 0 radical (unpaired) electrons. The van der Waals surface area contributed by atoms with Crippen molar-refractivity contribution in [2.75, 3.05) is 0 Å². The molecular weight excluding hydrogens is 298 g/mol. The van der Waals surface area contributed by atoms with E-state index >= 15 is 0 Å². The Balaban J connectivity index is 2.02. The van der Waals surface area contributed by atoms with Crippen LogP contribution in [0.25, 0.3) is 0 Å². The number of rotatable bonds is 7. The normalized spacial score (nSPS) is 12.0. The summed E-state index contributed by atoms with van der Waals surface area (Å²) in [6, 6.07) is 14.1. The minimum atomic E-state index is -1.07. The molecule has 0 aromatic heterocycles. The van der Waals surface area contributed by atoms with Crippen LogP contribution in [0.1, 0.15) is 15.9 Å². The number of carbonyl (C=O) groups is 2. The van der Waals surface area contributed by atoms with Gasteiger partial charge in [0.2, 0.25) is 0 Å². The molecule has 118 valence electrons. The molecule has 7 nitrogen and oxygen atoms in total. The Kier molecular flexibility index (Phi) is 5.40. The first-order chi connectivity index (χ1) is 11.1. The maximum atomic E-state index is 11.2. The number of nitrogens with one attached hydrogen (secondary N) is 1. The molecule has 2 aromatic rings. The van der Waals surface area contributed by atoms with E-state index in [1.807, 2.05) is 30.3 Å². The largest absolute Gasteiger partial charge is 0.480 e. The average Bonchev–Trinajstić information content (AvgIpc) is 2.55.